The Labute approximate surface area is 171 Å². The average Bonchev–Trinajstić information content (AvgIpc) is 3.33. The van der Waals surface area contributed by atoms with Gasteiger partial charge in [-0.15, -0.1) is 11.3 Å². The number of amides is 2. The molecule has 2 N–H and O–H groups in total. The van der Waals surface area contributed by atoms with Crippen LogP contribution in [0.15, 0.2) is 41.8 Å². The Morgan fingerprint density at radius 2 is 1.86 bits per heavy atom. The fourth-order valence-electron chi connectivity index (χ4n) is 2.84. The summed E-state index contributed by atoms with van der Waals surface area (Å²) in [5.74, 6) is 0.698. The first kappa shape index (κ1) is 18.9. The molecule has 8 heteroatoms. The number of hydrogen-bond acceptors (Lipinski definition) is 6. The molecule has 0 aliphatic carbocycles. The summed E-state index contributed by atoms with van der Waals surface area (Å²) < 4.78 is 10.5. The van der Waals surface area contributed by atoms with E-state index in [1.807, 2.05) is 32.0 Å². The predicted molar refractivity (Wildman–Crippen MR) is 111 cm³/mol. The standard InChI is InChI=1S/C21H19N3O4S/c1-12-3-5-15(7-13(12)2)22-19(25)9-16-10-29-21(23-16)24-20(26)14-4-6-17-18(8-14)28-11-27-17/h3-8,10H,9,11H2,1-2H3,(H,22,25)(H,23,24,26). The van der Waals surface area contributed by atoms with Gasteiger partial charge >= 0.3 is 0 Å². The van der Waals surface area contributed by atoms with E-state index < -0.39 is 0 Å². The maximum atomic E-state index is 12.4. The van der Waals surface area contributed by atoms with Gasteiger partial charge in [0.25, 0.3) is 5.91 Å². The number of nitrogens with zero attached hydrogens (tertiary/aromatic N) is 1. The molecule has 1 aliphatic heterocycles. The van der Waals surface area contributed by atoms with E-state index in [0.717, 1.165) is 11.3 Å². The molecule has 0 saturated heterocycles. The third-order valence-electron chi connectivity index (χ3n) is 4.54. The van der Waals surface area contributed by atoms with Crippen LogP contribution in [0, 0.1) is 13.8 Å². The summed E-state index contributed by atoms with van der Waals surface area (Å²) in [6.07, 6.45) is 0.128. The third-order valence-corrected chi connectivity index (χ3v) is 5.35. The minimum absolute atomic E-state index is 0.128. The molecule has 2 amide bonds. The number of carbonyl (C=O) groups excluding carboxylic acids is 2. The van der Waals surface area contributed by atoms with Crippen LogP contribution in [0.4, 0.5) is 10.8 Å². The fourth-order valence-corrected chi connectivity index (χ4v) is 3.55. The first-order chi connectivity index (χ1) is 14.0. The molecule has 0 fully saturated rings. The summed E-state index contributed by atoms with van der Waals surface area (Å²) in [4.78, 5) is 29.0. The summed E-state index contributed by atoms with van der Waals surface area (Å²) in [5.41, 5.74) is 4.08. The number of fused-ring (bicyclic) bond motifs is 1. The summed E-state index contributed by atoms with van der Waals surface area (Å²) in [5, 5.41) is 7.81. The van der Waals surface area contributed by atoms with Crippen molar-refractivity contribution in [3.05, 3.63) is 64.2 Å². The Morgan fingerprint density at radius 1 is 1.03 bits per heavy atom. The number of carbonyl (C=O) groups is 2. The van der Waals surface area contributed by atoms with Crippen LogP contribution in [-0.4, -0.2) is 23.6 Å². The maximum Gasteiger partial charge on any atom is 0.257 e. The van der Waals surface area contributed by atoms with Gasteiger partial charge in [0.05, 0.1) is 12.1 Å². The molecule has 7 nitrogen and oxygen atoms in total. The van der Waals surface area contributed by atoms with E-state index in [-0.39, 0.29) is 25.0 Å². The number of rotatable bonds is 5. The summed E-state index contributed by atoms with van der Waals surface area (Å²) in [6.45, 7) is 4.18. The summed E-state index contributed by atoms with van der Waals surface area (Å²) in [7, 11) is 0. The molecule has 1 aromatic heterocycles. The van der Waals surface area contributed by atoms with Crippen molar-refractivity contribution in [2.75, 3.05) is 17.4 Å². The topological polar surface area (TPSA) is 89.6 Å². The molecule has 0 radical (unpaired) electrons. The van der Waals surface area contributed by atoms with Gasteiger partial charge in [-0.2, -0.15) is 0 Å². The number of ether oxygens (including phenoxy) is 2. The molecule has 0 unspecified atom stereocenters. The lowest BCUT2D eigenvalue weighted by molar-refractivity contribution is -0.115. The normalized spacial score (nSPS) is 11.9. The van der Waals surface area contributed by atoms with Crippen LogP contribution in [0.3, 0.4) is 0 Å². The Kier molecular flexibility index (Phi) is 5.18. The van der Waals surface area contributed by atoms with Crippen molar-refractivity contribution in [1.29, 1.82) is 0 Å². The second-order valence-electron chi connectivity index (χ2n) is 6.69. The van der Waals surface area contributed by atoms with E-state index in [0.29, 0.717) is 27.9 Å². The first-order valence-electron chi connectivity index (χ1n) is 9.00. The van der Waals surface area contributed by atoms with Crippen molar-refractivity contribution in [2.24, 2.45) is 0 Å². The van der Waals surface area contributed by atoms with Crippen LogP contribution in [0.25, 0.3) is 0 Å². The lowest BCUT2D eigenvalue weighted by Crippen LogP contribution is -2.15. The molecule has 0 bridgehead atoms. The minimum Gasteiger partial charge on any atom is -0.454 e. The highest BCUT2D eigenvalue weighted by molar-refractivity contribution is 7.14. The number of hydrogen-bond donors (Lipinski definition) is 2. The van der Waals surface area contributed by atoms with Gasteiger partial charge in [-0.05, 0) is 55.3 Å². The van der Waals surface area contributed by atoms with Crippen LogP contribution in [-0.2, 0) is 11.2 Å². The quantitative estimate of drug-likeness (QED) is 0.667. The van der Waals surface area contributed by atoms with Gasteiger partial charge in [0.15, 0.2) is 16.6 Å². The van der Waals surface area contributed by atoms with Crippen molar-refractivity contribution in [3.63, 3.8) is 0 Å². The van der Waals surface area contributed by atoms with Crippen LogP contribution >= 0.6 is 11.3 Å². The Bertz CT molecular complexity index is 1090. The molecular weight excluding hydrogens is 390 g/mol. The van der Waals surface area contributed by atoms with Crippen LogP contribution in [0.5, 0.6) is 11.5 Å². The van der Waals surface area contributed by atoms with Gasteiger partial charge in [-0.1, -0.05) is 6.07 Å². The molecule has 2 heterocycles. The van der Waals surface area contributed by atoms with E-state index in [1.54, 1.807) is 23.6 Å². The zero-order chi connectivity index (χ0) is 20.4. The molecule has 0 spiro atoms. The molecule has 4 rings (SSSR count). The lowest BCUT2D eigenvalue weighted by Gasteiger charge is -2.07. The zero-order valence-corrected chi connectivity index (χ0v) is 16.8. The van der Waals surface area contributed by atoms with Gasteiger partial charge < -0.3 is 14.8 Å². The minimum atomic E-state index is -0.302. The average molecular weight is 409 g/mol. The largest absolute Gasteiger partial charge is 0.454 e. The molecule has 148 valence electrons. The highest BCUT2D eigenvalue weighted by Gasteiger charge is 2.17. The van der Waals surface area contributed by atoms with E-state index >= 15 is 0 Å². The molecule has 2 aromatic carbocycles. The van der Waals surface area contributed by atoms with Gasteiger partial charge in [-0.25, -0.2) is 4.98 Å². The van der Waals surface area contributed by atoms with Crippen molar-refractivity contribution in [2.45, 2.75) is 20.3 Å². The third kappa shape index (κ3) is 4.38. The van der Waals surface area contributed by atoms with Gasteiger partial charge in [-0.3, -0.25) is 14.9 Å². The second kappa shape index (κ2) is 7.92. The summed E-state index contributed by atoms with van der Waals surface area (Å²) >= 11 is 1.27. The number of aromatic nitrogens is 1. The number of benzene rings is 2. The molecule has 29 heavy (non-hydrogen) atoms. The van der Waals surface area contributed by atoms with E-state index in [2.05, 4.69) is 15.6 Å². The van der Waals surface area contributed by atoms with Gasteiger partial charge in [0, 0.05) is 16.6 Å². The highest BCUT2D eigenvalue weighted by atomic mass is 32.1. The smallest absolute Gasteiger partial charge is 0.257 e. The fraction of sp³-hybridized carbons (Fsp3) is 0.190. The van der Waals surface area contributed by atoms with Crippen LogP contribution in [0.1, 0.15) is 27.2 Å². The van der Waals surface area contributed by atoms with Gasteiger partial charge in [0.1, 0.15) is 0 Å². The number of nitrogens with one attached hydrogen (secondary N) is 2. The first-order valence-corrected chi connectivity index (χ1v) is 9.88. The molecule has 0 atom stereocenters. The number of aryl methyl sites for hydroxylation is 2. The van der Waals surface area contributed by atoms with E-state index in [4.69, 9.17) is 9.47 Å². The molecular formula is C21H19N3O4S. The predicted octanol–water partition coefficient (Wildman–Crippen LogP) is 3.92. The number of thiazole rings is 1. The Morgan fingerprint density at radius 3 is 2.69 bits per heavy atom. The van der Waals surface area contributed by atoms with Crippen molar-refractivity contribution in [1.82, 2.24) is 4.98 Å². The van der Waals surface area contributed by atoms with Crippen molar-refractivity contribution < 1.29 is 19.1 Å². The van der Waals surface area contributed by atoms with E-state index in [9.17, 15) is 9.59 Å². The molecule has 3 aromatic rings. The van der Waals surface area contributed by atoms with Gasteiger partial charge in [0.2, 0.25) is 12.7 Å². The van der Waals surface area contributed by atoms with Crippen molar-refractivity contribution in [3.8, 4) is 11.5 Å². The second-order valence-corrected chi connectivity index (χ2v) is 7.55. The Balaban J connectivity index is 1.36. The highest BCUT2D eigenvalue weighted by Crippen LogP contribution is 2.32. The maximum absolute atomic E-state index is 12.4. The molecule has 0 saturated carbocycles. The lowest BCUT2D eigenvalue weighted by atomic mass is 10.1. The zero-order valence-electron chi connectivity index (χ0n) is 15.9. The monoisotopic (exact) mass is 409 g/mol. The van der Waals surface area contributed by atoms with Crippen LogP contribution in [0.2, 0.25) is 0 Å². The Hall–Kier alpha value is -3.39. The summed E-state index contributed by atoms with van der Waals surface area (Å²) in [6, 6.07) is 10.8. The van der Waals surface area contributed by atoms with Crippen LogP contribution < -0.4 is 20.1 Å². The molecule has 1 aliphatic rings. The SMILES string of the molecule is Cc1ccc(NC(=O)Cc2csc(NC(=O)c3ccc4c(c3)OCO4)n2)cc1C. The van der Waals surface area contributed by atoms with E-state index in [1.165, 1.54) is 16.9 Å². The van der Waals surface area contributed by atoms with Crippen molar-refractivity contribution >= 4 is 34.0 Å². The number of anilines is 2.